The molecule has 2 N–H and O–H groups in total. The molecular weight excluding hydrogens is 273 g/mol. The molecule has 0 bridgehead atoms. The fourth-order valence-corrected chi connectivity index (χ4v) is 1.89. The van der Waals surface area contributed by atoms with Gasteiger partial charge in [-0.3, -0.25) is 0 Å². The van der Waals surface area contributed by atoms with Crippen LogP contribution in [0.2, 0.25) is 10.0 Å². The number of anilines is 1. The molecule has 0 aliphatic heterocycles. The first-order chi connectivity index (χ1) is 8.60. The molecule has 18 heavy (non-hydrogen) atoms. The summed E-state index contributed by atoms with van der Waals surface area (Å²) in [6.45, 7) is 0. The summed E-state index contributed by atoms with van der Waals surface area (Å²) >= 11 is 11.8. The van der Waals surface area contributed by atoms with Gasteiger partial charge in [0.05, 0.1) is 17.8 Å². The van der Waals surface area contributed by atoms with Crippen molar-refractivity contribution in [3.05, 3.63) is 46.4 Å². The van der Waals surface area contributed by atoms with E-state index in [9.17, 15) is 0 Å². The average molecular weight is 284 g/mol. The lowest BCUT2D eigenvalue weighted by molar-refractivity contribution is 0.411. The van der Waals surface area contributed by atoms with Crippen molar-refractivity contribution in [2.24, 2.45) is 0 Å². The molecule has 3 nitrogen and oxygen atoms in total. The van der Waals surface area contributed by atoms with Gasteiger partial charge in [-0.05, 0) is 30.3 Å². The van der Waals surface area contributed by atoms with Gasteiger partial charge in [-0.1, -0.05) is 23.2 Å². The van der Waals surface area contributed by atoms with E-state index >= 15 is 0 Å². The van der Waals surface area contributed by atoms with Crippen LogP contribution in [0.15, 0.2) is 36.4 Å². The van der Waals surface area contributed by atoms with Gasteiger partial charge in [-0.2, -0.15) is 0 Å². The van der Waals surface area contributed by atoms with Crippen molar-refractivity contribution in [3.8, 4) is 17.2 Å². The molecule has 2 rings (SSSR count). The summed E-state index contributed by atoms with van der Waals surface area (Å²) in [4.78, 5) is 0. The van der Waals surface area contributed by atoms with Gasteiger partial charge in [0.2, 0.25) is 0 Å². The Kier molecular flexibility index (Phi) is 3.84. The Morgan fingerprint density at radius 1 is 1.00 bits per heavy atom. The largest absolute Gasteiger partial charge is 0.494 e. The van der Waals surface area contributed by atoms with Gasteiger partial charge in [0.25, 0.3) is 0 Å². The van der Waals surface area contributed by atoms with Crippen molar-refractivity contribution in [2.75, 3.05) is 12.8 Å². The number of methoxy groups -OCH3 is 1. The maximum absolute atomic E-state index is 6.02. The lowest BCUT2D eigenvalue weighted by Gasteiger charge is -2.10. The van der Waals surface area contributed by atoms with Gasteiger partial charge in [0.15, 0.2) is 0 Å². The fraction of sp³-hybridized carbons (Fsp3) is 0.0769. The number of halogens is 2. The van der Waals surface area contributed by atoms with E-state index in [0.29, 0.717) is 33.0 Å². The highest BCUT2D eigenvalue weighted by Crippen LogP contribution is 2.34. The molecule has 2 aromatic rings. The Morgan fingerprint density at radius 3 is 2.44 bits per heavy atom. The molecule has 0 amide bonds. The summed E-state index contributed by atoms with van der Waals surface area (Å²) in [6, 6.07) is 10.2. The Balaban J connectivity index is 2.28. The minimum Gasteiger partial charge on any atom is -0.494 e. The van der Waals surface area contributed by atoms with E-state index in [1.54, 1.807) is 43.5 Å². The molecule has 0 saturated carbocycles. The number of ether oxygens (including phenoxy) is 2. The first kappa shape index (κ1) is 12.9. The third-order valence-electron chi connectivity index (χ3n) is 2.33. The first-order valence-electron chi connectivity index (χ1n) is 5.16. The number of rotatable bonds is 3. The summed E-state index contributed by atoms with van der Waals surface area (Å²) in [5.41, 5.74) is 6.27. The van der Waals surface area contributed by atoms with Gasteiger partial charge in [0.1, 0.15) is 17.2 Å². The summed E-state index contributed by atoms with van der Waals surface area (Å²) < 4.78 is 10.7. The number of benzene rings is 2. The molecule has 0 fully saturated rings. The predicted octanol–water partition coefficient (Wildman–Crippen LogP) is 4.38. The van der Waals surface area contributed by atoms with Crippen LogP contribution in [0.5, 0.6) is 17.2 Å². The maximum atomic E-state index is 6.02. The van der Waals surface area contributed by atoms with Crippen LogP contribution >= 0.6 is 23.2 Å². The van der Waals surface area contributed by atoms with Crippen molar-refractivity contribution in [1.82, 2.24) is 0 Å². The average Bonchev–Trinajstić information content (AvgIpc) is 2.35. The quantitative estimate of drug-likeness (QED) is 0.851. The van der Waals surface area contributed by atoms with E-state index < -0.39 is 0 Å². The van der Waals surface area contributed by atoms with Crippen molar-refractivity contribution in [1.29, 1.82) is 0 Å². The second kappa shape index (κ2) is 5.38. The standard InChI is InChI=1S/C13H11Cl2NO2/c1-17-13-7-9(3-4-11(13)16)18-12-5-2-8(14)6-10(12)15/h2-7H,16H2,1H3. The molecule has 0 saturated heterocycles. The molecule has 0 unspecified atom stereocenters. The van der Waals surface area contributed by atoms with E-state index in [4.69, 9.17) is 38.4 Å². The number of nitrogens with two attached hydrogens (primary N) is 1. The van der Waals surface area contributed by atoms with Crippen LogP contribution in [0.25, 0.3) is 0 Å². The first-order valence-corrected chi connectivity index (χ1v) is 5.92. The molecule has 2 aromatic carbocycles. The second-order valence-electron chi connectivity index (χ2n) is 3.58. The van der Waals surface area contributed by atoms with Crippen molar-refractivity contribution >= 4 is 28.9 Å². The molecule has 0 heterocycles. The summed E-state index contributed by atoms with van der Waals surface area (Å²) in [5.74, 6) is 1.66. The zero-order valence-electron chi connectivity index (χ0n) is 9.61. The predicted molar refractivity (Wildman–Crippen MR) is 73.9 cm³/mol. The van der Waals surface area contributed by atoms with Crippen LogP contribution < -0.4 is 15.2 Å². The minimum atomic E-state index is 0.443. The van der Waals surface area contributed by atoms with Crippen LogP contribution in [0.1, 0.15) is 0 Å². The third kappa shape index (κ3) is 2.81. The Bertz CT molecular complexity index is 573. The Labute approximate surface area is 115 Å². The molecule has 5 heteroatoms. The second-order valence-corrected chi connectivity index (χ2v) is 4.42. The van der Waals surface area contributed by atoms with Crippen molar-refractivity contribution in [2.45, 2.75) is 0 Å². The summed E-state index contributed by atoms with van der Waals surface area (Å²) in [6.07, 6.45) is 0. The van der Waals surface area contributed by atoms with Crippen molar-refractivity contribution in [3.63, 3.8) is 0 Å². The van der Waals surface area contributed by atoms with E-state index in [-0.39, 0.29) is 0 Å². The fourth-order valence-electron chi connectivity index (χ4n) is 1.44. The maximum Gasteiger partial charge on any atom is 0.146 e. The van der Waals surface area contributed by atoms with Gasteiger partial charge >= 0.3 is 0 Å². The van der Waals surface area contributed by atoms with Gasteiger partial charge < -0.3 is 15.2 Å². The molecule has 0 aliphatic rings. The molecular formula is C13H11Cl2NO2. The number of hydrogen-bond donors (Lipinski definition) is 1. The monoisotopic (exact) mass is 283 g/mol. The normalized spacial score (nSPS) is 10.2. The third-order valence-corrected chi connectivity index (χ3v) is 2.86. The molecule has 0 aliphatic carbocycles. The van der Waals surface area contributed by atoms with Crippen molar-refractivity contribution < 1.29 is 9.47 Å². The van der Waals surface area contributed by atoms with Crippen LogP contribution in [-0.2, 0) is 0 Å². The number of hydrogen-bond acceptors (Lipinski definition) is 3. The Morgan fingerprint density at radius 2 is 1.78 bits per heavy atom. The van der Waals surface area contributed by atoms with Crippen LogP contribution in [0.3, 0.4) is 0 Å². The van der Waals surface area contributed by atoms with E-state index in [1.165, 1.54) is 0 Å². The van der Waals surface area contributed by atoms with E-state index in [1.807, 2.05) is 0 Å². The van der Waals surface area contributed by atoms with Gasteiger partial charge in [-0.25, -0.2) is 0 Å². The van der Waals surface area contributed by atoms with Gasteiger partial charge in [-0.15, -0.1) is 0 Å². The smallest absolute Gasteiger partial charge is 0.146 e. The number of nitrogen functional groups attached to an aromatic ring is 1. The molecule has 0 atom stereocenters. The minimum absolute atomic E-state index is 0.443. The van der Waals surface area contributed by atoms with Crippen LogP contribution in [0.4, 0.5) is 5.69 Å². The molecule has 0 spiro atoms. The van der Waals surface area contributed by atoms with E-state index in [2.05, 4.69) is 0 Å². The summed E-state index contributed by atoms with van der Waals surface area (Å²) in [7, 11) is 1.55. The molecule has 0 radical (unpaired) electrons. The SMILES string of the molecule is COc1cc(Oc2ccc(Cl)cc2Cl)ccc1N. The highest BCUT2D eigenvalue weighted by molar-refractivity contribution is 6.35. The zero-order chi connectivity index (χ0) is 13.1. The molecule has 0 aromatic heterocycles. The highest BCUT2D eigenvalue weighted by Gasteiger charge is 2.06. The summed E-state index contributed by atoms with van der Waals surface area (Å²) in [5, 5.41) is 1.00. The van der Waals surface area contributed by atoms with Crippen LogP contribution in [-0.4, -0.2) is 7.11 Å². The zero-order valence-corrected chi connectivity index (χ0v) is 11.1. The molecule has 94 valence electrons. The Hall–Kier alpha value is -1.58. The highest BCUT2D eigenvalue weighted by atomic mass is 35.5. The lowest BCUT2D eigenvalue weighted by Crippen LogP contribution is -1.93. The van der Waals surface area contributed by atoms with Gasteiger partial charge in [0, 0.05) is 11.1 Å². The van der Waals surface area contributed by atoms with E-state index in [0.717, 1.165) is 0 Å². The lowest BCUT2D eigenvalue weighted by atomic mass is 10.3. The topological polar surface area (TPSA) is 44.5 Å². The van der Waals surface area contributed by atoms with Crippen LogP contribution in [0, 0.1) is 0 Å².